The number of aromatic nitrogens is 2. The third-order valence-electron chi connectivity index (χ3n) is 5.12. The number of fused-ring (bicyclic) bond motifs is 1. The number of rotatable bonds is 6. The molecule has 0 saturated heterocycles. The van der Waals surface area contributed by atoms with Gasteiger partial charge in [0.25, 0.3) is 5.91 Å². The molecule has 1 aliphatic carbocycles. The van der Waals surface area contributed by atoms with E-state index in [1.807, 2.05) is 24.3 Å². The smallest absolute Gasteiger partial charge is 0.269 e. The molecule has 0 spiro atoms. The van der Waals surface area contributed by atoms with E-state index in [4.69, 9.17) is 5.73 Å². The molecule has 3 N–H and O–H groups in total. The van der Waals surface area contributed by atoms with Gasteiger partial charge < -0.3 is 15.7 Å². The van der Waals surface area contributed by atoms with Crippen LogP contribution in [0.5, 0.6) is 0 Å². The average Bonchev–Trinajstić information content (AvgIpc) is 3.22. The van der Waals surface area contributed by atoms with Crippen LogP contribution >= 0.6 is 0 Å². The predicted octanol–water partition coefficient (Wildman–Crippen LogP) is 1.29. The third kappa shape index (κ3) is 4.66. The molecular formula is C22H26N4O3. The van der Waals surface area contributed by atoms with Crippen molar-refractivity contribution in [2.45, 2.75) is 38.7 Å². The standard InChI is InChI=1S/C22H26N4O3/c1-15-11-18-19(12-15)26(24-20(18)21(23)28)17-6-4-5-16(13-17)7-8-22(2,29)9-10-25(3)14-27/h4-6,13-15,29H,9-12H2,1-3H3,(H2,23,28). The normalized spacial score (nSPS) is 17.0. The molecular weight excluding hydrogens is 368 g/mol. The summed E-state index contributed by atoms with van der Waals surface area (Å²) in [4.78, 5) is 23.9. The first-order valence-electron chi connectivity index (χ1n) is 9.62. The lowest BCUT2D eigenvalue weighted by atomic mass is 10.0. The molecule has 3 rings (SSSR count). The minimum Gasteiger partial charge on any atom is -0.378 e. The maximum Gasteiger partial charge on any atom is 0.269 e. The topological polar surface area (TPSA) is 101 Å². The highest BCUT2D eigenvalue weighted by atomic mass is 16.3. The molecule has 1 aromatic heterocycles. The number of nitrogens with two attached hydrogens (primary N) is 1. The molecule has 0 aliphatic heterocycles. The van der Waals surface area contributed by atoms with Crippen LogP contribution in [-0.2, 0) is 17.6 Å². The summed E-state index contributed by atoms with van der Waals surface area (Å²) in [5.41, 5.74) is 8.12. The lowest BCUT2D eigenvalue weighted by Gasteiger charge is -2.19. The van der Waals surface area contributed by atoms with Crippen molar-refractivity contribution in [1.82, 2.24) is 14.7 Å². The van der Waals surface area contributed by atoms with Crippen LogP contribution in [0.25, 0.3) is 5.69 Å². The van der Waals surface area contributed by atoms with Gasteiger partial charge in [-0.15, -0.1) is 0 Å². The van der Waals surface area contributed by atoms with Gasteiger partial charge in [0.15, 0.2) is 5.69 Å². The fourth-order valence-corrected chi connectivity index (χ4v) is 3.50. The van der Waals surface area contributed by atoms with Crippen molar-refractivity contribution in [2.75, 3.05) is 13.6 Å². The van der Waals surface area contributed by atoms with Crippen molar-refractivity contribution in [1.29, 1.82) is 0 Å². The van der Waals surface area contributed by atoms with Crippen molar-refractivity contribution >= 4 is 12.3 Å². The van der Waals surface area contributed by atoms with E-state index in [0.29, 0.717) is 24.6 Å². The highest BCUT2D eigenvalue weighted by Gasteiger charge is 2.29. The molecule has 0 saturated carbocycles. The van der Waals surface area contributed by atoms with Crippen LogP contribution in [0.15, 0.2) is 24.3 Å². The number of amides is 2. The first-order valence-corrected chi connectivity index (χ1v) is 9.62. The van der Waals surface area contributed by atoms with Crippen molar-refractivity contribution < 1.29 is 14.7 Å². The summed E-state index contributed by atoms with van der Waals surface area (Å²) in [5.74, 6) is 5.81. The zero-order valence-corrected chi connectivity index (χ0v) is 17.0. The fourth-order valence-electron chi connectivity index (χ4n) is 3.50. The van der Waals surface area contributed by atoms with E-state index >= 15 is 0 Å². The lowest BCUT2D eigenvalue weighted by molar-refractivity contribution is -0.117. The second-order valence-electron chi connectivity index (χ2n) is 7.97. The van der Waals surface area contributed by atoms with Crippen LogP contribution < -0.4 is 5.73 Å². The second-order valence-corrected chi connectivity index (χ2v) is 7.97. The molecule has 2 amide bonds. The van der Waals surface area contributed by atoms with Gasteiger partial charge in [0, 0.05) is 36.8 Å². The van der Waals surface area contributed by atoms with Crippen LogP contribution in [-0.4, -0.2) is 51.3 Å². The van der Waals surface area contributed by atoms with Gasteiger partial charge in [-0.3, -0.25) is 9.59 Å². The van der Waals surface area contributed by atoms with Crippen molar-refractivity contribution in [3.8, 4) is 17.5 Å². The summed E-state index contributed by atoms with van der Waals surface area (Å²) in [6, 6.07) is 7.50. The Bertz CT molecular complexity index is 997. The molecule has 1 aliphatic rings. The number of hydrogen-bond acceptors (Lipinski definition) is 4. The van der Waals surface area contributed by atoms with E-state index in [-0.39, 0.29) is 0 Å². The molecule has 7 heteroatoms. The molecule has 2 unspecified atom stereocenters. The maximum absolute atomic E-state index is 11.8. The van der Waals surface area contributed by atoms with Crippen molar-refractivity contribution in [3.63, 3.8) is 0 Å². The van der Waals surface area contributed by atoms with Gasteiger partial charge in [-0.1, -0.05) is 24.8 Å². The Kier molecular flexibility index (Phi) is 5.76. The zero-order valence-electron chi connectivity index (χ0n) is 17.0. The summed E-state index contributed by atoms with van der Waals surface area (Å²) >= 11 is 0. The Morgan fingerprint density at radius 3 is 2.93 bits per heavy atom. The monoisotopic (exact) mass is 394 g/mol. The molecule has 0 fully saturated rings. The summed E-state index contributed by atoms with van der Waals surface area (Å²) in [6.45, 7) is 4.18. The van der Waals surface area contributed by atoms with E-state index in [9.17, 15) is 14.7 Å². The van der Waals surface area contributed by atoms with E-state index in [2.05, 4.69) is 23.9 Å². The number of aliphatic hydroxyl groups is 1. The highest BCUT2D eigenvalue weighted by Crippen LogP contribution is 2.31. The molecule has 1 heterocycles. The third-order valence-corrected chi connectivity index (χ3v) is 5.12. The van der Waals surface area contributed by atoms with E-state index < -0.39 is 11.5 Å². The Hall–Kier alpha value is -3.11. The molecule has 2 aromatic rings. The van der Waals surface area contributed by atoms with E-state index in [0.717, 1.165) is 41.8 Å². The number of carbonyl (C=O) groups is 2. The van der Waals surface area contributed by atoms with Crippen LogP contribution in [0, 0.1) is 17.8 Å². The Balaban J connectivity index is 1.88. The summed E-state index contributed by atoms with van der Waals surface area (Å²) in [6.07, 6.45) is 2.70. The molecule has 2 atom stereocenters. The largest absolute Gasteiger partial charge is 0.378 e. The predicted molar refractivity (Wildman–Crippen MR) is 109 cm³/mol. The Morgan fingerprint density at radius 2 is 2.24 bits per heavy atom. The van der Waals surface area contributed by atoms with Gasteiger partial charge in [0.1, 0.15) is 5.60 Å². The number of hydrogen-bond donors (Lipinski definition) is 2. The summed E-state index contributed by atoms with van der Waals surface area (Å²) in [7, 11) is 1.66. The molecule has 0 bridgehead atoms. The maximum atomic E-state index is 11.8. The van der Waals surface area contributed by atoms with Gasteiger partial charge in [0.05, 0.1) is 5.69 Å². The Morgan fingerprint density at radius 1 is 1.48 bits per heavy atom. The zero-order chi connectivity index (χ0) is 21.2. The Labute approximate surface area is 170 Å². The second kappa shape index (κ2) is 8.10. The van der Waals surface area contributed by atoms with Gasteiger partial charge in [-0.25, -0.2) is 4.68 Å². The highest BCUT2D eigenvalue weighted by molar-refractivity contribution is 5.92. The van der Waals surface area contributed by atoms with Crippen LogP contribution in [0.1, 0.15) is 47.6 Å². The van der Waals surface area contributed by atoms with E-state index in [1.54, 1.807) is 18.7 Å². The minimum absolute atomic E-state index is 0.336. The molecule has 152 valence electrons. The van der Waals surface area contributed by atoms with Gasteiger partial charge in [0.2, 0.25) is 6.41 Å². The summed E-state index contributed by atoms with van der Waals surface area (Å²) < 4.78 is 1.78. The fraction of sp³-hybridized carbons (Fsp3) is 0.409. The SMILES string of the molecule is CC1Cc2c(C(N)=O)nn(-c3cccc(C#CC(C)(O)CCN(C)C=O)c3)c2C1. The molecule has 7 nitrogen and oxygen atoms in total. The quantitative estimate of drug-likeness (QED) is 0.569. The van der Waals surface area contributed by atoms with Crippen molar-refractivity contribution in [2.24, 2.45) is 11.7 Å². The summed E-state index contributed by atoms with van der Waals surface area (Å²) in [5, 5.41) is 14.9. The van der Waals surface area contributed by atoms with Crippen LogP contribution in [0.2, 0.25) is 0 Å². The first kappa shape index (κ1) is 20.6. The van der Waals surface area contributed by atoms with Gasteiger partial charge in [-0.2, -0.15) is 5.10 Å². The molecule has 1 aromatic carbocycles. The van der Waals surface area contributed by atoms with Crippen LogP contribution in [0.4, 0.5) is 0 Å². The lowest BCUT2D eigenvalue weighted by Crippen LogP contribution is -2.29. The number of benzene rings is 1. The minimum atomic E-state index is -1.21. The first-order chi connectivity index (χ1) is 13.7. The van der Waals surface area contributed by atoms with Crippen LogP contribution in [0.3, 0.4) is 0 Å². The molecule has 29 heavy (non-hydrogen) atoms. The number of primary amides is 1. The van der Waals surface area contributed by atoms with Gasteiger partial charge in [-0.05, 0) is 43.9 Å². The van der Waals surface area contributed by atoms with Gasteiger partial charge >= 0.3 is 0 Å². The number of nitrogens with zero attached hydrogens (tertiary/aromatic N) is 3. The van der Waals surface area contributed by atoms with E-state index in [1.165, 1.54) is 4.90 Å². The van der Waals surface area contributed by atoms with Crippen molar-refractivity contribution in [3.05, 3.63) is 46.8 Å². The average molecular weight is 394 g/mol. The molecule has 0 radical (unpaired) electrons. The number of carbonyl (C=O) groups excluding carboxylic acids is 2.